The summed E-state index contributed by atoms with van der Waals surface area (Å²) < 4.78 is 12.3. The zero-order chi connectivity index (χ0) is 17.2. The fourth-order valence-electron chi connectivity index (χ4n) is 3.25. The van der Waals surface area contributed by atoms with Crippen molar-refractivity contribution in [3.8, 4) is 0 Å². The Morgan fingerprint density at radius 3 is 2.17 bits per heavy atom. The van der Waals surface area contributed by atoms with Crippen molar-refractivity contribution in [2.45, 2.75) is 64.6 Å². The number of carbonyl (C=O) groups is 1. The zero-order valence-electron chi connectivity index (χ0n) is 15.2. The van der Waals surface area contributed by atoms with E-state index in [-0.39, 0.29) is 22.5 Å². The van der Waals surface area contributed by atoms with Gasteiger partial charge in [0.15, 0.2) is 0 Å². The second-order valence-electron chi connectivity index (χ2n) is 8.38. The van der Waals surface area contributed by atoms with Crippen LogP contribution in [0.1, 0.15) is 53.5 Å². The molecule has 0 unspecified atom stereocenters. The smallest absolute Gasteiger partial charge is 0.399 e. The highest BCUT2D eigenvalue weighted by molar-refractivity contribution is 6.62. The van der Waals surface area contributed by atoms with Crippen LogP contribution in [-0.2, 0) is 19.5 Å². The maximum atomic E-state index is 12.3. The van der Waals surface area contributed by atoms with Crippen LogP contribution in [0.5, 0.6) is 0 Å². The lowest BCUT2D eigenvalue weighted by Gasteiger charge is -2.37. The number of anilines is 1. The van der Waals surface area contributed by atoms with E-state index < -0.39 is 7.12 Å². The second-order valence-corrected chi connectivity index (χ2v) is 8.38. The summed E-state index contributed by atoms with van der Waals surface area (Å²) in [5.41, 5.74) is 2.23. The Morgan fingerprint density at radius 1 is 1.04 bits per heavy atom. The van der Waals surface area contributed by atoms with E-state index in [9.17, 15) is 4.79 Å². The molecule has 2 heterocycles. The van der Waals surface area contributed by atoms with Gasteiger partial charge in [-0.2, -0.15) is 0 Å². The van der Waals surface area contributed by atoms with Gasteiger partial charge < -0.3 is 14.2 Å². The monoisotopic (exact) mass is 315 g/mol. The summed E-state index contributed by atoms with van der Waals surface area (Å²) in [5.74, 6) is 0.147. The number of rotatable bonds is 1. The largest absolute Gasteiger partial charge is 0.494 e. The molecule has 0 saturated carbocycles. The van der Waals surface area contributed by atoms with Crippen molar-refractivity contribution in [2.24, 2.45) is 0 Å². The Kier molecular flexibility index (Phi) is 3.48. The SMILES string of the molecule is CN1C(=O)CC(C)(C)c2ccc(B3OC(C)(C)C(C)(C)O3)cc21. The van der Waals surface area contributed by atoms with E-state index in [0.717, 1.165) is 11.2 Å². The van der Waals surface area contributed by atoms with Crippen LogP contribution >= 0.6 is 0 Å². The van der Waals surface area contributed by atoms with Gasteiger partial charge in [0, 0.05) is 24.6 Å². The van der Waals surface area contributed by atoms with Crippen LogP contribution in [0.2, 0.25) is 0 Å². The van der Waals surface area contributed by atoms with E-state index in [2.05, 4.69) is 26.0 Å². The third-order valence-corrected chi connectivity index (χ3v) is 5.60. The van der Waals surface area contributed by atoms with Gasteiger partial charge in [0.2, 0.25) is 5.91 Å². The highest BCUT2D eigenvalue weighted by Gasteiger charge is 2.52. The van der Waals surface area contributed by atoms with Crippen LogP contribution in [0.15, 0.2) is 18.2 Å². The highest BCUT2D eigenvalue weighted by Crippen LogP contribution is 2.40. The quantitative estimate of drug-likeness (QED) is 0.748. The van der Waals surface area contributed by atoms with Gasteiger partial charge >= 0.3 is 7.12 Å². The predicted octanol–water partition coefficient (Wildman–Crippen LogP) is 2.63. The van der Waals surface area contributed by atoms with Crippen molar-refractivity contribution >= 4 is 24.2 Å². The van der Waals surface area contributed by atoms with Gasteiger partial charge in [0.1, 0.15) is 0 Å². The van der Waals surface area contributed by atoms with E-state index in [1.54, 1.807) is 4.90 Å². The minimum atomic E-state index is -0.404. The lowest BCUT2D eigenvalue weighted by atomic mass is 9.73. The summed E-state index contributed by atoms with van der Waals surface area (Å²) in [7, 11) is 1.43. The summed E-state index contributed by atoms with van der Waals surface area (Å²) in [6.45, 7) is 12.4. The van der Waals surface area contributed by atoms with E-state index in [1.807, 2.05) is 40.8 Å². The van der Waals surface area contributed by atoms with Crippen LogP contribution < -0.4 is 10.4 Å². The van der Waals surface area contributed by atoms with E-state index in [0.29, 0.717) is 6.42 Å². The van der Waals surface area contributed by atoms with Crippen molar-refractivity contribution in [1.29, 1.82) is 0 Å². The van der Waals surface area contributed by atoms with E-state index >= 15 is 0 Å². The molecule has 0 aromatic heterocycles. The van der Waals surface area contributed by atoms with Gasteiger partial charge in [-0.3, -0.25) is 4.79 Å². The molecule has 1 aromatic carbocycles. The average Bonchev–Trinajstić information content (AvgIpc) is 2.64. The number of fused-ring (bicyclic) bond motifs is 1. The standard InChI is InChI=1S/C18H26BNO3/c1-16(2)11-15(21)20(7)14-10-12(8-9-13(14)16)19-22-17(3,4)18(5,6)23-19/h8-10H,11H2,1-7H3. The number of carbonyl (C=O) groups excluding carboxylic acids is 1. The van der Waals surface area contributed by atoms with Gasteiger partial charge in [-0.15, -0.1) is 0 Å². The second kappa shape index (κ2) is 4.84. The topological polar surface area (TPSA) is 38.8 Å². The molecule has 2 aliphatic heterocycles. The fourth-order valence-corrected chi connectivity index (χ4v) is 3.25. The van der Waals surface area contributed by atoms with Crippen LogP contribution in [-0.4, -0.2) is 31.3 Å². The average molecular weight is 315 g/mol. The molecule has 0 bridgehead atoms. The molecule has 2 aliphatic rings. The molecule has 1 aromatic rings. The number of hydrogen-bond acceptors (Lipinski definition) is 3. The third-order valence-electron chi connectivity index (χ3n) is 5.60. The first-order valence-electron chi connectivity index (χ1n) is 8.21. The molecule has 0 spiro atoms. The molecule has 5 heteroatoms. The van der Waals surface area contributed by atoms with Crippen LogP contribution in [0.25, 0.3) is 0 Å². The van der Waals surface area contributed by atoms with E-state index in [4.69, 9.17) is 9.31 Å². The minimum Gasteiger partial charge on any atom is -0.399 e. The Labute approximate surface area is 139 Å². The van der Waals surface area contributed by atoms with E-state index in [1.165, 1.54) is 5.56 Å². The first-order chi connectivity index (χ1) is 10.4. The fraction of sp³-hybridized carbons (Fsp3) is 0.611. The van der Waals surface area contributed by atoms with Crippen LogP contribution in [0.3, 0.4) is 0 Å². The lowest BCUT2D eigenvalue weighted by Crippen LogP contribution is -2.42. The van der Waals surface area contributed by atoms with Crippen molar-refractivity contribution in [1.82, 2.24) is 0 Å². The van der Waals surface area contributed by atoms with Gasteiger partial charge in [-0.05, 0) is 44.8 Å². The molecular formula is C18H26BNO3. The Bertz CT molecular complexity index is 650. The molecule has 3 rings (SSSR count). The molecule has 0 radical (unpaired) electrons. The molecule has 0 atom stereocenters. The summed E-state index contributed by atoms with van der Waals surface area (Å²) in [6.07, 6.45) is 0.534. The van der Waals surface area contributed by atoms with Gasteiger partial charge in [0.05, 0.1) is 11.2 Å². The molecule has 124 valence electrons. The summed E-state index contributed by atoms with van der Waals surface area (Å²) in [5, 5.41) is 0. The Balaban J connectivity index is 2.01. The zero-order valence-corrected chi connectivity index (χ0v) is 15.2. The molecule has 4 nitrogen and oxygen atoms in total. The predicted molar refractivity (Wildman–Crippen MR) is 93.2 cm³/mol. The van der Waals surface area contributed by atoms with Crippen molar-refractivity contribution < 1.29 is 14.1 Å². The van der Waals surface area contributed by atoms with Crippen molar-refractivity contribution in [3.63, 3.8) is 0 Å². The number of benzene rings is 1. The molecule has 0 N–H and O–H groups in total. The maximum Gasteiger partial charge on any atom is 0.494 e. The molecule has 23 heavy (non-hydrogen) atoms. The normalized spacial score (nSPS) is 24.7. The van der Waals surface area contributed by atoms with Crippen LogP contribution in [0.4, 0.5) is 5.69 Å². The van der Waals surface area contributed by atoms with Gasteiger partial charge in [-0.1, -0.05) is 26.0 Å². The Morgan fingerprint density at radius 2 is 1.61 bits per heavy atom. The summed E-state index contributed by atoms with van der Waals surface area (Å²) >= 11 is 0. The molecule has 0 aliphatic carbocycles. The van der Waals surface area contributed by atoms with Gasteiger partial charge in [0.25, 0.3) is 0 Å². The number of amides is 1. The maximum absolute atomic E-state index is 12.3. The molecular weight excluding hydrogens is 289 g/mol. The minimum absolute atomic E-state index is 0.145. The molecule has 1 amide bonds. The number of hydrogen-bond donors (Lipinski definition) is 0. The summed E-state index contributed by atoms with van der Waals surface area (Å²) in [4.78, 5) is 14.0. The van der Waals surface area contributed by atoms with Crippen molar-refractivity contribution in [3.05, 3.63) is 23.8 Å². The first-order valence-corrected chi connectivity index (χ1v) is 8.21. The first kappa shape index (κ1) is 16.5. The number of nitrogens with zero attached hydrogens (tertiary/aromatic N) is 1. The Hall–Kier alpha value is -1.33. The third kappa shape index (κ3) is 2.50. The van der Waals surface area contributed by atoms with Gasteiger partial charge in [-0.25, -0.2) is 0 Å². The molecule has 1 fully saturated rings. The van der Waals surface area contributed by atoms with Crippen molar-refractivity contribution in [2.75, 3.05) is 11.9 Å². The summed E-state index contributed by atoms with van der Waals surface area (Å²) in [6, 6.07) is 6.21. The molecule has 1 saturated heterocycles. The lowest BCUT2D eigenvalue weighted by molar-refractivity contribution is -0.119. The van der Waals surface area contributed by atoms with Crippen LogP contribution in [0, 0.1) is 0 Å². The highest BCUT2D eigenvalue weighted by atomic mass is 16.7.